The molecule has 0 bridgehead atoms. The predicted octanol–water partition coefficient (Wildman–Crippen LogP) is 0.638. The average Bonchev–Trinajstić information content (AvgIpc) is 2.45. The molecule has 0 amide bonds. The van der Waals surface area contributed by atoms with Gasteiger partial charge in [0.1, 0.15) is 0 Å². The molecule has 15 heavy (non-hydrogen) atoms. The number of nitrogens with one attached hydrogen (secondary N) is 2. The Morgan fingerprint density at radius 2 is 2.20 bits per heavy atom. The van der Waals surface area contributed by atoms with E-state index in [4.69, 9.17) is 0 Å². The van der Waals surface area contributed by atoms with E-state index in [1.165, 1.54) is 5.56 Å². The predicted molar refractivity (Wildman–Crippen MR) is 63.3 cm³/mol. The van der Waals surface area contributed by atoms with Crippen molar-refractivity contribution in [3.05, 3.63) is 18.0 Å². The topological polar surface area (TPSA) is 41.9 Å². The van der Waals surface area contributed by atoms with Gasteiger partial charge in [-0.25, -0.2) is 0 Å². The van der Waals surface area contributed by atoms with E-state index in [1.54, 1.807) is 0 Å². The molecule has 4 nitrogen and oxygen atoms in total. The van der Waals surface area contributed by atoms with E-state index in [9.17, 15) is 0 Å². The molecule has 0 unspecified atom stereocenters. The van der Waals surface area contributed by atoms with E-state index in [0.29, 0.717) is 6.04 Å². The molecule has 0 spiro atoms. The molecule has 1 aliphatic rings. The third-order valence-electron chi connectivity index (χ3n) is 2.77. The van der Waals surface area contributed by atoms with Crippen molar-refractivity contribution in [2.24, 2.45) is 7.05 Å². The van der Waals surface area contributed by atoms with Crippen LogP contribution in [0.4, 0.5) is 0 Å². The zero-order chi connectivity index (χ0) is 10.2. The standard InChI is InChI=1S/C10H18N4.ClH/c1-10(2,13-9-5-11-6-9)8-4-12-14(3)7-8;/h4,7,9,11,13H,5-6H2,1-3H3;1H. The normalized spacial score (nSPS) is 17.0. The van der Waals surface area contributed by atoms with Gasteiger partial charge in [-0.2, -0.15) is 5.10 Å². The molecule has 0 radical (unpaired) electrons. The van der Waals surface area contributed by atoms with Crippen LogP contribution in [-0.2, 0) is 12.6 Å². The van der Waals surface area contributed by atoms with Crippen molar-refractivity contribution in [3.63, 3.8) is 0 Å². The molecule has 0 saturated carbocycles. The van der Waals surface area contributed by atoms with Crippen LogP contribution in [0.5, 0.6) is 0 Å². The number of hydrogen-bond donors (Lipinski definition) is 2. The van der Waals surface area contributed by atoms with Crippen LogP contribution in [0.3, 0.4) is 0 Å². The molecule has 1 saturated heterocycles. The van der Waals surface area contributed by atoms with Crippen molar-refractivity contribution in [1.82, 2.24) is 20.4 Å². The van der Waals surface area contributed by atoms with Crippen LogP contribution >= 0.6 is 12.4 Å². The molecular weight excluding hydrogens is 212 g/mol. The molecule has 86 valence electrons. The quantitative estimate of drug-likeness (QED) is 0.801. The molecule has 2 rings (SSSR count). The Bertz CT molecular complexity index is 317. The lowest BCUT2D eigenvalue weighted by molar-refractivity contribution is 0.273. The van der Waals surface area contributed by atoms with Gasteiger partial charge in [-0.1, -0.05) is 0 Å². The Morgan fingerprint density at radius 3 is 2.60 bits per heavy atom. The summed E-state index contributed by atoms with van der Waals surface area (Å²) in [5.41, 5.74) is 1.26. The Kier molecular flexibility index (Phi) is 3.76. The van der Waals surface area contributed by atoms with Crippen molar-refractivity contribution in [2.75, 3.05) is 13.1 Å². The lowest BCUT2D eigenvalue weighted by atomic mass is 9.95. The van der Waals surface area contributed by atoms with E-state index in [1.807, 2.05) is 17.9 Å². The van der Waals surface area contributed by atoms with Crippen LogP contribution in [0.2, 0.25) is 0 Å². The highest BCUT2D eigenvalue weighted by molar-refractivity contribution is 5.85. The first-order valence-corrected chi connectivity index (χ1v) is 5.05. The first-order chi connectivity index (χ1) is 6.58. The molecule has 0 aromatic carbocycles. The van der Waals surface area contributed by atoms with Crippen molar-refractivity contribution < 1.29 is 0 Å². The number of aromatic nitrogens is 2. The van der Waals surface area contributed by atoms with E-state index in [0.717, 1.165) is 13.1 Å². The summed E-state index contributed by atoms with van der Waals surface area (Å²) in [7, 11) is 1.95. The minimum atomic E-state index is 0. The second-order valence-electron chi connectivity index (χ2n) is 4.53. The maximum Gasteiger partial charge on any atom is 0.0540 e. The highest BCUT2D eigenvalue weighted by atomic mass is 35.5. The molecule has 5 heteroatoms. The lowest BCUT2D eigenvalue weighted by Gasteiger charge is -2.36. The Balaban J connectivity index is 0.00000112. The van der Waals surface area contributed by atoms with Gasteiger partial charge in [-0.05, 0) is 13.8 Å². The first-order valence-electron chi connectivity index (χ1n) is 5.05. The summed E-state index contributed by atoms with van der Waals surface area (Å²) in [5.74, 6) is 0. The Morgan fingerprint density at radius 1 is 1.53 bits per heavy atom. The number of rotatable bonds is 3. The van der Waals surface area contributed by atoms with Crippen LogP contribution in [-0.4, -0.2) is 28.9 Å². The van der Waals surface area contributed by atoms with Gasteiger partial charge in [0, 0.05) is 43.5 Å². The summed E-state index contributed by atoms with van der Waals surface area (Å²) in [6.45, 7) is 6.54. The second kappa shape index (κ2) is 4.51. The van der Waals surface area contributed by atoms with E-state index in [2.05, 4.69) is 35.8 Å². The van der Waals surface area contributed by atoms with Crippen molar-refractivity contribution >= 4 is 12.4 Å². The third-order valence-corrected chi connectivity index (χ3v) is 2.77. The summed E-state index contributed by atoms with van der Waals surface area (Å²) >= 11 is 0. The lowest BCUT2D eigenvalue weighted by Crippen LogP contribution is -2.59. The number of nitrogens with zero attached hydrogens (tertiary/aromatic N) is 2. The highest BCUT2D eigenvalue weighted by Gasteiger charge is 2.28. The van der Waals surface area contributed by atoms with E-state index >= 15 is 0 Å². The number of halogens is 1. The van der Waals surface area contributed by atoms with Crippen LogP contribution in [0.1, 0.15) is 19.4 Å². The van der Waals surface area contributed by atoms with Gasteiger partial charge in [0.05, 0.1) is 6.20 Å². The summed E-state index contributed by atoms with van der Waals surface area (Å²) in [5, 5.41) is 11.1. The second-order valence-corrected chi connectivity index (χ2v) is 4.53. The molecule has 1 fully saturated rings. The smallest absolute Gasteiger partial charge is 0.0540 e. The van der Waals surface area contributed by atoms with Gasteiger partial charge < -0.3 is 10.6 Å². The Labute approximate surface area is 96.8 Å². The van der Waals surface area contributed by atoms with Crippen LogP contribution in [0.15, 0.2) is 12.4 Å². The summed E-state index contributed by atoms with van der Waals surface area (Å²) in [6.07, 6.45) is 4.00. The average molecular weight is 231 g/mol. The van der Waals surface area contributed by atoms with Crippen molar-refractivity contribution in [3.8, 4) is 0 Å². The van der Waals surface area contributed by atoms with Crippen molar-refractivity contribution in [1.29, 1.82) is 0 Å². The molecule has 1 aromatic heterocycles. The monoisotopic (exact) mass is 230 g/mol. The SMILES string of the molecule is Cl.Cn1cc(C(C)(C)NC2CNC2)cn1. The van der Waals surface area contributed by atoms with Gasteiger partial charge >= 0.3 is 0 Å². The zero-order valence-electron chi connectivity index (χ0n) is 9.45. The molecule has 2 N–H and O–H groups in total. The maximum atomic E-state index is 4.20. The van der Waals surface area contributed by atoms with E-state index in [-0.39, 0.29) is 17.9 Å². The third kappa shape index (κ3) is 2.71. The highest BCUT2D eigenvalue weighted by Crippen LogP contribution is 2.20. The molecule has 1 aliphatic heterocycles. The molecule has 2 heterocycles. The Hall–Kier alpha value is -0.580. The minimum absolute atomic E-state index is 0. The number of aryl methyl sites for hydroxylation is 1. The van der Waals surface area contributed by atoms with Gasteiger partial charge in [-0.15, -0.1) is 12.4 Å². The van der Waals surface area contributed by atoms with Crippen LogP contribution in [0, 0.1) is 0 Å². The molecule has 0 aliphatic carbocycles. The van der Waals surface area contributed by atoms with Gasteiger partial charge in [0.25, 0.3) is 0 Å². The fourth-order valence-corrected chi connectivity index (χ4v) is 1.73. The fraction of sp³-hybridized carbons (Fsp3) is 0.700. The summed E-state index contributed by atoms with van der Waals surface area (Å²) in [6, 6.07) is 0.602. The van der Waals surface area contributed by atoms with E-state index < -0.39 is 0 Å². The molecule has 0 atom stereocenters. The largest absolute Gasteiger partial charge is 0.314 e. The maximum absolute atomic E-state index is 4.20. The fourth-order valence-electron chi connectivity index (χ4n) is 1.73. The van der Waals surface area contributed by atoms with Gasteiger partial charge in [0.2, 0.25) is 0 Å². The summed E-state index contributed by atoms with van der Waals surface area (Å²) in [4.78, 5) is 0. The molecule has 1 aromatic rings. The number of hydrogen-bond acceptors (Lipinski definition) is 3. The van der Waals surface area contributed by atoms with Gasteiger partial charge in [0.15, 0.2) is 0 Å². The zero-order valence-corrected chi connectivity index (χ0v) is 10.3. The van der Waals surface area contributed by atoms with Gasteiger partial charge in [-0.3, -0.25) is 4.68 Å². The first kappa shape index (κ1) is 12.5. The molecular formula is C10H19ClN4. The van der Waals surface area contributed by atoms with Crippen LogP contribution in [0.25, 0.3) is 0 Å². The summed E-state index contributed by atoms with van der Waals surface area (Å²) < 4.78 is 1.85. The van der Waals surface area contributed by atoms with Crippen LogP contribution < -0.4 is 10.6 Å². The van der Waals surface area contributed by atoms with Crippen molar-refractivity contribution in [2.45, 2.75) is 25.4 Å². The minimum Gasteiger partial charge on any atom is -0.314 e.